The first-order valence-corrected chi connectivity index (χ1v) is 14.5. The van der Waals surface area contributed by atoms with Crippen molar-refractivity contribution in [2.24, 2.45) is 5.41 Å². The van der Waals surface area contributed by atoms with Crippen molar-refractivity contribution in [2.75, 3.05) is 13.2 Å². The Morgan fingerprint density at radius 3 is 0.872 bits per heavy atom. The minimum Gasteiger partial charge on any atom is -0.507 e. The number of benzene rings is 2. The van der Waals surface area contributed by atoms with Crippen molar-refractivity contribution < 1.29 is 20.4 Å². The molecule has 2 aromatic carbocycles. The molecule has 4 N–H and O–H groups in total. The molecule has 0 saturated heterocycles. The molecule has 0 fully saturated rings. The SMILES string of the molecule is CC(C)(C)c1cc(CC(CCO)(CCO)Cc2cc(C(C)(C)C)c(O)c(C(C)(C)C)c2)cc(C(C)(C)C)c1O. The van der Waals surface area contributed by atoms with Crippen molar-refractivity contribution in [3.8, 4) is 11.5 Å². The molecule has 0 aliphatic heterocycles. The van der Waals surface area contributed by atoms with Crippen LogP contribution in [0, 0.1) is 5.41 Å². The fourth-order valence-electron chi connectivity index (χ4n) is 5.76. The van der Waals surface area contributed by atoms with Gasteiger partial charge in [-0.1, -0.05) is 107 Å². The lowest BCUT2D eigenvalue weighted by Gasteiger charge is -2.36. The topological polar surface area (TPSA) is 80.9 Å². The van der Waals surface area contributed by atoms with Gasteiger partial charge in [-0.25, -0.2) is 0 Å². The fourth-order valence-corrected chi connectivity index (χ4v) is 5.76. The summed E-state index contributed by atoms with van der Waals surface area (Å²) >= 11 is 0. The molecule has 220 valence electrons. The molecule has 39 heavy (non-hydrogen) atoms. The van der Waals surface area contributed by atoms with Gasteiger partial charge in [0.15, 0.2) is 0 Å². The molecule has 0 spiro atoms. The molecule has 2 rings (SSSR count). The van der Waals surface area contributed by atoms with Crippen molar-refractivity contribution in [3.63, 3.8) is 0 Å². The lowest BCUT2D eigenvalue weighted by molar-refractivity contribution is 0.132. The van der Waals surface area contributed by atoms with E-state index in [4.69, 9.17) is 0 Å². The van der Waals surface area contributed by atoms with Gasteiger partial charge in [0.1, 0.15) is 11.5 Å². The molecule has 0 aromatic heterocycles. The van der Waals surface area contributed by atoms with E-state index in [1.165, 1.54) is 0 Å². The van der Waals surface area contributed by atoms with Crippen LogP contribution in [0.3, 0.4) is 0 Å². The highest BCUT2D eigenvalue weighted by Crippen LogP contribution is 2.45. The second-order valence-electron chi connectivity index (χ2n) is 15.9. The smallest absolute Gasteiger partial charge is 0.123 e. The highest BCUT2D eigenvalue weighted by atomic mass is 16.3. The van der Waals surface area contributed by atoms with Gasteiger partial charge in [-0.05, 0) is 86.1 Å². The van der Waals surface area contributed by atoms with Crippen molar-refractivity contribution in [1.82, 2.24) is 0 Å². The average molecular weight is 541 g/mol. The maximum atomic E-state index is 11.3. The fraction of sp³-hybridized carbons (Fsp3) is 0.657. The predicted molar refractivity (Wildman–Crippen MR) is 164 cm³/mol. The predicted octanol–water partition coefficient (Wildman–Crippen LogP) is 7.82. The summed E-state index contributed by atoms with van der Waals surface area (Å²) in [7, 11) is 0. The van der Waals surface area contributed by atoms with Gasteiger partial charge in [-0.15, -0.1) is 0 Å². The number of aliphatic hydroxyl groups is 2. The zero-order valence-electron chi connectivity index (χ0n) is 26.8. The average Bonchev–Trinajstić information content (AvgIpc) is 2.73. The van der Waals surface area contributed by atoms with Gasteiger partial charge in [-0.3, -0.25) is 0 Å². The number of aliphatic hydroxyl groups excluding tert-OH is 2. The zero-order chi connectivity index (χ0) is 30.2. The lowest BCUT2D eigenvalue weighted by Crippen LogP contribution is -2.30. The van der Waals surface area contributed by atoms with Gasteiger partial charge in [0.2, 0.25) is 0 Å². The normalized spacial score (nSPS) is 13.7. The highest BCUT2D eigenvalue weighted by molar-refractivity contribution is 5.51. The summed E-state index contributed by atoms with van der Waals surface area (Å²) in [5.41, 5.74) is 4.53. The van der Waals surface area contributed by atoms with Gasteiger partial charge < -0.3 is 20.4 Å². The maximum Gasteiger partial charge on any atom is 0.123 e. The first-order chi connectivity index (χ1) is 17.6. The third-order valence-corrected chi connectivity index (χ3v) is 8.01. The van der Waals surface area contributed by atoms with E-state index in [0.29, 0.717) is 37.2 Å². The Hall–Kier alpha value is -2.04. The Morgan fingerprint density at radius 2 is 0.692 bits per heavy atom. The lowest BCUT2D eigenvalue weighted by atomic mass is 9.69. The molecule has 0 bridgehead atoms. The van der Waals surface area contributed by atoms with E-state index in [2.05, 4.69) is 107 Å². The van der Waals surface area contributed by atoms with E-state index in [9.17, 15) is 20.4 Å². The Bertz CT molecular complexity index is 970. The van der Waals surface area contributed by atoms with Crippen LogP contribution in [-0.4, -0.2) is 33.6 Å². The van der Waals surface area contributed by atoms with Crippen LogP contribution in [0.25, 0.3) is 0 Å². The van der Waals surface area contributed by atoms with Crippen LogP contribution < -0.4 is 0 Å². The molecule has 0 amide bonds. The van der Waals surface area contributed by atoms with Crippen molar-refractivity contribution >= 4 is 0 Å². The number of aromatic hydroxyl groups is 2. The van der Waals surface area contributed by atoms with Gasteiger partial charge in [0.25, 0.3) is 0 Å². The number of phenols is 2. The minimum absolute atomic E-state index is 0.0205. The molecule has 0 unspecified atom stereocenters. The van der Waals surface area contributed by atoms with Crippen LogP contribution in [0.5, 0.6) is 11.5 Å². The van der Waals surface area contributed by atoms with E-state index in [0.717, 1.165) is 33.4 Å². The van der Waals surface area contributed by atoms with E-state index >= 15 is 0 Å². The highest BCUT2D eigenvalue weighted by Gasteiger charge is 2.34. The molecular formula is C35H56O4. The van der Waals surface area contributed by atoms with Crippen LogP contribution in [0.1, 0.15) is 129 Å². The Labute approximate surface area is 238 Å². The Kier molecular flexibility index (Phi) is 9.74. The molecule has 0 atom stereocenters. The van der Waals surface area contributed by atoms with Crippen LogP contribution in [0.4, 0.5) is 0 Å². The molecular weight excluding hydrogens is 484 g/mol. The summed E-state index contributed by atoms with van der Waals surface area (Å²) < 4.78 is 0. The molecule has 0 saturated carbocycles. The largest absolute Gasteiger partial charge is 0.507 e. The Balaban J connectivity index is 2.77. The summed E-state index contributed by atoms with van der Waals surface area (Å²) in [6.07, 6.45) is 2.41. The van der Waals surface area contributed by atoms with Crippen LogP contribution in [-0.2, 0) is 34.5 Å². The van der Waals surface area contributed by atoms with Crippen molar-refractivity contribution in [2.45, 2.75) is 130 Å². The molecule has 0 radical (unpaired) electrons. The summed E-state index contributed by atoms with van der Waals surface area (Å²) in [6, 6.07) is 8.47. The van der Waals surface area contributed by atoms with Crippen molar-refractivity contribution in [1.29, 1.82) is 0 Å². The van der Waals surface area contributed by atoms with Gasteiger partial charge in [0.05, 0.1) is 0 Å². The first-order valence-electron chi connectivity index (χ1n) is 14.5. The summed E-state index contributed by atoms with van der Waals surface area (Å²) in [6.45, 7) is 25.4. The van der Waals surface area contributed by atoms with Crippen LogP contribution in [0.15, 0.2) is 24.3 Å². The number of rotatable bonds is 8. The molecule has 4 heteroatoms. The van der Waals surface area contributed by atoms with Gasteiger partial charge >= 0.3 is 0 Å². The van der Waals surface area contributed by atoms with Gasteiger partial charge in [0, 0.05) is 13.2 Å². The van der Waals surface area contributed by atoms with Crippen LogP contribution in [0.2, 0.25) is 0 Å². The zero-order valence-corrected chi connectivity index (χ0v) is 26.8. The van der Waals surface area contributed by atoms with E-state index in [1.807, 2.05) is 0 Å². The van der Waals surface area contributed by atoms with Gasteiger partial charge in [-0.2, -0.15) is 0 Å². The molecule has 4 nitrogen and oxygen atoms in total. The van der Waals surface area contributed by atoms with Crippen molar-refractivity contribution in [3.05, 3.63) is 57.6 Å². The molecule has 2 aromatic rings. The summed E-state index contributed by atoms with van der Waals surface area (Å²) in [5, 5.41) is 43.0. The molecule has 0 heterocycles. The minimum atomic E-state index is -0.397. The number of hydrogen-bond donors (Lipinski definition) is 4. The summed E-state index contributed by atoms with van der Waals surface area (Å²) in [4.78, 5) is 0. The monoisotopic (exact) mass is 540 g/mol. The second kappa shape index (κ2) is 11.4. The van der Waals surface area contributed by atoms with E-state index in [1.54, 1.807) is 0 Å². The third-order valence-electron chi connectivity index (χ3n) is 8.01. The quantitative estimate of drug-likeness (QED) is 0.275. The van der Waals surface area contributed by atoms with E-state index in [-0.39, 0.29) is 34.9 Å². The number of phenolic OH excluding ortho intramolecular Hbond substituents is 2. The summed E-state index contributed by atoms with van der Waals surface area (Å²) in [5.74, 6) is 0.716. The number of hydrogen-bond acceptors (Lipinski definition) is 4. The second-order valence-corrected chi connectivity index (χ2v) is 15.9. The third kappa shape index (κ3) is 8.01. The maximum absolute atomic E-state index is 11.3. The Morgan fingerprint density at radius 1 is 0.462 bits per heavy atom. The molecule has 0 aliphatic rings. The first kappa shape index (κ1) is 33.2. The van der Waals surface area contributed by atoms with Crippen LogP contribution >= 0.6 is 0 Å². The van der Waals surface area contributed by atoms with E-state index < -0.39 is 5.41 Å². The standard InChI is InChI=1S/C35H56O4/c1-31(2,3)25-17-23(18-26(29(25)38)32(4,5)6)21-35(13-15-36,14-16-37)22-24-19-27(33(7,8)9)30(39)28(20-24)34(10,11)12/h17-20,36-39H,13-16,21-22H2,1-12H3. The molecule has 0 aliphatic carbocycles.